The smallest absolute Gasteiger partial charge is 0.159 e. The van der Waals surface area contributed by atoms with Crippen molar-refractivity contribution in [3.63, 3.8) is 0 Å². The van der Waals surface area contributed by atoms with Crippen LogP contribution in [-0.4, -0.2) is 0 Å². The number of para-hydroxylation sites is 2. The van der Waals surface area contributed by atoms with Gasteiger partial charge in [-0.25, -0.2) is 0 Å². The highest BCUT2D eigenvalue weighted by Crippen LogP contribution is 2.48. The molecule has 0 radical (unpaired) electrons. The van der Waals surface area contributed by atoms with E-state index in [0.717, 1.165) is 44.6 Å². The van der Waals surface area contributed by atoms with E-state index < -0.39 is 0 Å². The van der Waals surface area contributed by atoms with E-state index in [4.69, 9.17) is 4.42 Å². The van der Waals surface area contributed by atoms with Crippen molar-refractivity contribution in [1.82, 2.24) is 0 Å². The molecule has 0 spiro atoms. The Labute approximate surface area is 277 Å². The highest BCUT2D eigenvalue weighted by atomic mass is 16.3. The van der Waals surface area contributed by atoms with Gasteiger partial charge >= 0.3 is 0 Å². The maximum absolute atomic E-state index is 6.71. The van der Waals surface area contributed by atoms with Crippen LogP contribution in [0.15, 0.2) is 180 Å². The molecule has 2 heteroatoms. The van der Waals surface area contributed by atoms with Crippen LogP contribution in [0, 0.1) is 0 Å². The summed E-state index contributed by atoms with van der Waals surface area (Å²) >= 11 is 0. The lowest BCUT2D eigenvalue weighted by molar-refractivity contribution is 0.669. The van der Waals surface area contributed by atoms with Gasteiger partial charge in [-0.3, -0.25) is 0 Å². The summed E-state index contributed by atoms with van der Waals surface area (Å²) in [5, 5.41) is 12.1. The normalized spacial score (nSPS) is 11.8. The molecule has 0 aliphatic carbocycles. The first-order chi connectivity index (χ1) is 23.8. The number of hydrogen-bond acceptors (Lipinski definition) is 2. The van der Waals surface area contributed by atoms with Crippen molar-refractivity contribution in [2.24, 2.45) is 0 Å². The van der Waals surface area contributed by atoms with Gasteiger partial charge in [0.15, 0.2) is 5.58 Å². The van der Waals surface area contributed by atoms with Gasteiger partial charge in [-0.2, -0.15) is 0 Å². The van der Waals surface area contributed by atoms with Gasteiger partial charge in [0.2, 0.25) is 0 Å². The Morgan fingerprint density at radius 1 is 0.354 bits per heavy atom. The van der Waals surface area contributed by atoms with Crippen molar-refractivity contribution < 1.29 is 4.42 Å². The van der Waals surface area contributed by atoms with Crippen molar-refractivity contribution in [2.75, 3.05) is 4.90 Å². The molecular formula is C46H29NO. The summed E-state index contributed by atoms with van der Waals surface area (Å²) in [6.45, 7) is 0. The second-order valence-electron chi connectivity index (χ2n) is 12.5. The molecule has 0 saturated carbocycles. The van der Waals surface area contributed by atoms with Crippen LogP contribution < -0.4 is 4.90 Å². The van der Waals surface area contributed by atoms with Crippen molar-refractivity contribution in [3.8, 4) is 11.1 Å². The lowest BCUT2D eigenvalue weighted by Crippen LogP contribution is -2.11. The van der Waals surface area contributed by atoms with Crippen LogP contribution >= 0.6 is 0 Å². The van der Waals surface area contributed by atoms with Crippen molar-refractivity contribution in [3.05, 3.63) is 176 Å². The molecular weight excluding hydrogens is 583 g/mol. The molecule has 10 aromatic rings. The highest BCUT2D eigenvalue weighted by molar-refractivity contribution is 6.30. The second kappa shape index (κ2) is 10.6. The Morgan fingerprint density at radius 3 is 1.81 bits per heavy atom. The number of benzene rings is 9. The fraction of sp³-hybridized carbons (Fsp3) is 0. The number of rotatable bonds is 4. The van der Waals surface area contributed by atoms with Gasteiger partial charge in [-0.05, 0) is 73.8 Å². The lowest BCUT2D eigenvalue weighted by Gasteiger charge is -2.28. The topological polar surface area (TPSA) is 16.4 Å². The largest absolute Gasteiger partial charge is 0.454 e. The van der Waals surface area contributed by atoms with E-state index in [1.54, 1.807) is 0 Å². The number of fused-ring (bicyclic) bond motifs is 10. The Morgan fingerprint density at radius 2 is 0.979 bits per heavy atom. The van der Waals surface area contributed by atoms with Crippen LogP contribution in [0.4, 0.5) is 17.1 Å². The minimum atomic E-state index is 0.872. The first-order valence-electron chi connectivity index (χ1n) is 16.4. The zero-order chi connectivity index (χ0) is 31.6. The standard InChI is InChI=1S/C46H29NO/c1-2-12-30(13-3-1)33-16-10-17-35(28-33)47(41-22-11-21-39-38-20-8-9-23-43(38)48-46(39)41)42-29-34-25-24-31-14-4-6-18-36(31)44(34)45-37-19-7-5-15-32(37)26-27-40(42)45/h1-29H. The van der Waals surface area contributed by atoms with Gasteiger partial charge in [0, 0.05) is 27.2 Å². The number of anilines is 3. The molecule has 0 bridgehead atoms. The SMILES string of the molecule is c1ccc(-c2cccc(N(c3cc4ccc5ccccc5c4c4c3ccc3ccccc34)c3cccc4c3oc3ccccc34)c2)cc1. The molecule has 0 N–H and O–H groups in total. The summed E-state index contributed by atoms with van der Waals surface area (Å²) in [5.74, 6) is 0. The summed E-state index contributed by atoms with van der Waals surface area (Å²) in [7, 11) is 0. The summed E-state index contributed by atoms with van der Waals surface area (Å²) < 4.78 is 6.71. The number of nitrogens with zero attached hydrogens (tertiary/aromatic N) is 1. The molecule has 48 heavy (non-hydrogen) atoms. The van der Waals surface area contributed by atoms with Crippen molar-refractivity contribution in [1.29, 1.82) is 0 Å². The Hall–Kier alpha value is -6.38. The molecule has 2 nitrogen and oxygen atoms in total. The minimum absolute atomic E-state index is 0.872. The predicted octanol–water partition coefficient (Wildman–Crippen LogP) is 13.3. The van der Waals surface area contributed by atoms with E-state index in [9.17, 15) is 0 Å². The minimum Gasteiger partial charge on any atom is -0.454 e. The molecule has 0 unspecified atom stereocenters. The van der Waals surface area contributed by atoms with Gasteiger partial charge in [0.25, 0.3) is 0 Å². The zero-order valence-electron chi connectivity index (χ0n) is 26.1. The predicted molar refractivity (Wildman–Crippen MR) is 204 cm³/mol. The number of furan rings is 1. The molecule has 9 aromatic carbocycles. The molecule has 1 aromatic heterocycles. The molecule has 0 amide bonds. The third kappa shape index (κ3) is 4.06. The van der Waals surface area contributed by atoms with E-state index in [0.29, 0.717) is 0 Å². The Balaban J connectivity index is 1.36. The summed E-state index contributed by atoms with van der Waals surface area (Å²) in [6, 6.07) is 63.3. The van der Waals surface area contributed by atoms with Crippen molar-refractivity contribution in [2.45, 2.75) is 0 Å². The van der Waals surface area contributed by atoms with E-state index in [2.05, 4.69) is 175 Å². The fourth-order valence-corrected chi connectivity index (χ4v) is 7.62. The zero-order valence-corrected chi connectivity index (χ0v) is 26.1. The quantitative estimate of drug-likeness (QED) is 0.184. The van der Waals surface area contributed by atoms with Crippen LogP contribution in [0.2, 0.25) is 0 Å². The van der Waals surface area contributed by atoms with Gasteiger partial charge < -0.3 is 9.32 Å². The summed E-state index contributed by atoms with van der Waals surface area (Å²) in [6.07, 6.45) is 0. The van der Waals surface area contributed by atoms with Gasteiger partial charge in [0.1, 0.15) is 5.58 Å². The summed E-state index contributed by atoms with van der Waals surface area (Å²) in [5.41, 5.74) is 7.28. The van der Waals surface area contributed by atoms with Gasteiger partial charge in [-0.1, -0.05) is 146 Å². The van der Waals surface area contributed by atoms with Gasteiger partial charge in [0.05, 0.1) is 11.4 Å². The Kier molecular flexibility index (Phi) is 5.91. The van der Waals surface area contributed by atoms with E-state index in [1.807, 2.05) is 6.07 Å². The van der Waals surface area contributed by atoms with Crippen LogP contribution in [0.5, 0.6) is 0 Å². The highest BCUT2D eigenvalue weighted by Gasteiger charge is 2.23. The average molecular weight is 612 g/mol. The first kappa shape index (κ1) is 26.8. The lowest BCUT2D eigenvalue weighted by atomic mass is 9.91. The number of hydrogen-bond donors (Lipinski definition) is 0. The van der Waals surface area contributed by atoms with E-state index in [-0.39, 0.29) is 0 Å². The van der Waals surface area contributed by atoms with Crippen LogP contribution in [0.25, 0.3) is 76.2 Å². The fourth-order valence-electron chi connectivity index (χ4n) is 7.62. The van der Waals surface area contributed by atoms with Gasteiger partial charge in [-0.15, -0.1) is 0 Å². The molecule has 224 valence electrons. The van der Waals surface area contributed by atoms with Crippen molar-refractivity contribution >= 4 is 82.1 Å². The molecule has 10 rings (SSSR count). The Bertz CT molecular complexity index is 2850. The van der Waals surface area contributed by atoms with Crippen LogP contribution in [0.1, 0.15) is 0 Å². The van der Waals surface area contributed by atoms with Crippen LogP contribution in [0.3, 0.4) is 0 Å². The maximum atomic E-state index is 6.71. The van der Waals surface area contributed by atoms with E-state index >= 15 is 0 Å². The first-order valence-corrected chi connectivity index (χ1v) is 16.4. The molecule has 0 atom stereocenters. The average Bonchev–Trinajstić information content (AvgIpc) is 3.54. The molecule has 1 heterocycles. The van der Waals surface area contributed by atoms with Crippen LogP contribution in [-0.2, 0) is 0 Å². The third-order valence-corrected chi connectivity index (χ3v) is 9.79. The maximum Gasteiger partial charge on any atom is 0.159 e. The van der Waals surface area contributed by atoms with E-state index in [1.165, 1.54) is 48.7 Å². The third-order valence-electron chi connectivity index (χ3n) is 9.79. The molecule has 0 fully saturated rings. The molecule has 0 aliphatic heterocycles. The molecule has 0 saturated heterocycles. The monoisotopic (exact) mass is 611 g/mol. The second-order valence-corrected chi connectivity index (χ2v) is 12.5. The molecule has 0 aliphatic rings. The summed E-state index contributed by atoms with van der Waals surface area (Å²) in [4.78, 5) is 2.41.